The Kier molecular flexibility index (Phi) is 9.76. The summed E-state index contributed by atoms with van der Waals surface area (Å²) in [5.74, 6) is -0.239. The molecule has 0 aliphatic carbocycles. The fourth-order valence-corrected chi connectivity index (χ4v) is 7.78. The summed E-state index contributed by atoms with van der Waals surface area (Å²) in [5.41, 5.74) is 5.31. The second kappa shape index (κ2) is 13.8. The first-order valence-electron chi connectivity index (χ1n) is 17.2. The highest BCUT2D eigenvalue weighted by molar-refractivity contribution is 7.92. The quantitative estimate of drug-likeness (QED) is 0.225. The van der Waals surface area contributed by atoms with Crippen LogP contribution in [0.2, 0.25) is 0 Å². The Morgan fingerprint density at radius 1 is 1.00 bits per heavy atom. The topological polar surface area (TPSA) is 124 Å². The molecule has 4 heterocycles. The monoisotopic (exact) mass is 697 g/mol. The molecule has 6 rings (SSSR count). The van der Waals surface area contributed by atoms with Gasteiger partial charge in [-0.05, 0) is 84.9 Å². The first-order valence-corrected chi connectivity index (χ1v) is 18.6. The van der Waals surface area contributed by atoms with Gasteiger partial charge in [0.25, 0.3) is 15.9 Å². The first-order chi connectivity index (χ1) is 23.6. The lowest BCUT2D eigenvalue weighted by molar-refractivity contribution is -0.0376. The molecule has 11 heteroatoms. The van der Waals surface area contributed by atoms with Gasteiger partial charge in [-0.3, -0.25) is 9.78 Å². The molecule has 1 N–H and O–H groups in total. The van der Waals surface area contributed by atoms with Crippen LogP contribution in [0, 0.1) is 24.7 Å². The van der Waals surface area contributed by atoms with E-state index in [0.29, 0.717) is 24.4 Å². The number of aromatic nitrogens is 3. The number of sulfonamides is 1. The molecule has 2 aliphatic rings. The zero-order chi connectivity index (χ0) is 35.8. The zero-order valence-electron chi connectivity index (χ0n) is 30.0. The van der Waals surface area contributed by atoms with Crippen LogP contribution in [0.15, 0.2) is 71.8 Å². The number of aryl methyl sites for hydroxylation is 2. The molecule has 0 radical (unpaired) electrons. The SMILES string of the molecule is Cc1cccc(C)c1-c1cc2nc(n1)NS(=O)(=O)c1cccc(c1)C(=O)N(Cc1ccc(C3CC(C)(C)CCO3)cn1)[C@H](CC(C)(C)C)CO2. The smallest absolute Gasteiger partial charge is 0.264 e. The number of rotatable bonds is 5. The molecule has 2 aliphatic heterocycles. The number of amides is 1. The largest absolute Gasteiger partial charge is 0.475 e. The van der Waals surface area contributed by atoms with Gasteiger partial charge in [0.15, 0.2) is 0 Å². The van der Waals surface area contributed by atoms with Crippen LogP contribution in [0.4, 0.5) is 5.95 Å². The number of hydrogen-bond acceptors (Lipinski definition) is 8. The summed E-state index contributed by atoms with van der Waals surface area (Å²) in [7, 11) is -4.17. The maximum atomic E-state index is 14.5. The van der Waals surface area contributed by atoms with E-state index >= 15 is 0 Å². The molecule has 10 nitrogen and oxygen atoms in total. The van der Waals surface area contributed by atoms with Crippen LogP contribution in [0.3, 0.4) is 0 Å². The number of fused-ring (bicyclic) bond motifs is 4. The van der Waals surface area contributed by atoms with Gasteiger partial charge in [0.1, 0.15) is 6.61 Å². The summed E-state index contributed by atoms with van der Waals surface area (Å²) in [6, 6.07) is 17.3. The molecule has 1 saturated heterocycles. The number of ether oxygens (including phenoxy) is 2. The maximum Gasteiger partial charge on any atom is 0.264 e. The van der Waals surface area contributed by atoms with Crippen molar-refractivity contribution < 1.29 is 22.7 Å². The van der Waals surface area contributed by atoms with Crippen LogP contribution in [0.1, 0.15) is 92.7 Å². The lowest BCUT2D eigenvalue weighted by atomic mass is 9.80. The molecule has 1 amide bonds. The fraction of sp³-hybridized carbons (Fsp3) is 0.436. The molecule has 4 aromatic rings. The molecule has 264 valence electrons. The molecule has 2 atom stereocenters. The number of nitrogens with one attached hydrogen (secondary N) is 1. The Bertz CT molecular complexity index is 1970. The number of pyridine rings is 1. The summed E-state index contributed by atoms with van der Waals surface area (Å²) in [4.78, 5) is 30.1. The molecular weight excluding hydrogens is 651 g/mol. The molecule has 4 bridgehead atoms. The lowest BCUT2D eigenvalue weighted by Crippen LogP contribution is -2.45. The van der Waals surface area contributed by atoms with Gasteiger partial charge in [-0.1, -0.05) is 65.0 Å². The van der Waals surface area contributed by atoms with Crippen molar-refractivity contribution >= 4 is 21.9 Å². The minimum atomic E-state index is -4.17. The Balaban J connectivity index is 1.42. The third-order valence-corrected chi connectivity index (χ3v) is 10.7. The van der Waals surface area contributed by atoms with Crippen LogP contribution >= 0.6 is 0 Å². The Labute approximate surface area is 295 Å². The highest BCUT2D eigenvalue weighted by Gasteiger charge is 2.33. The zero-order valence-corrected chi connectivity index (χ0v) is 30.8. The van der Waals surface area contributed by atoms with Crippen LogP contribution in [0.5, 0.6) is 5.88 Å². The van der Waals surface area contributed by atoms with Crippen molar-refractivity contribution in [1.29, 1.82) is 0 Å². The van der Waals surface area contributed by atoms with Gasteiger partial charge < -0.3 is 14.4 Å². The number of benzene rings is 2. The summed E-state index contributed by atoms with van der Waals surface area (Å²) >= 11 is 0. The van der Waals surface area contributed by atoms with Crippen molar-refractivity contribution in [3.05, 3.63) is 94.8 Å². The molecule has 0 spiro atoms. The molecule has 2 aromatic heterocycles. The summed E-state index contributed by atoms with van der Waals surface area (Å²) < 4.78 is 42.5. The molecule has 1 fully saturated rings. The number of hydrogen-bond donors (Lipinski definition) is 1. The van der Waals surface area contributed by atoms with E-state index in [4.69, 9.17) is 14.5 Å². The standard InChI is InChI=1S/C39H47N5O5S/c1-25-10-8-11-26(2)35(25)32-19-34-42-37(41-32)43-50(46,47)31-13-9-12-27(18-31)36(45)44(30(24-49-34)20-38(3,4)5)23-29-15-14-28(22-40-29)33-21-39(6,7)16-17-48-33/h8-15,18-19,22,30,33H,16-17,20-21,23-24H2,1-7H3,(H,41,42,43)/t30-,33?/m1/s1. The highest BCUT2D eigenvalue weighted by Crippen LogP contribution is 2.39. The predicted octanol–water partition coefficient (Wildman–Crippen LogP) is 7.67. The van der Waals surface area contributed by atoms with Crippen molar-refractivity contribution in [2.75, 3.05) is 17.9 Å². The number of carbonyl (C=O) groups excluding carboxylic acids is 1. The van der Waals surface area contributed by atoms with E-state index in [9.17, 15) is 13.2 Å². The average Bonchev–Trinajstić information content (AvgIpc) is 3.04. The lowest BCUT2D eigenvalue weighted by Gasteiger charge is -2.36. The predicted molar refractivity (Wildman–Crippen MR) is 193 cm³/mol. The van der Waals surface area contributed by atoms with Crippen LogP contribution < -0.4 is 9.46 Å². The van der Waals surface area contributed by atoms with Crippen LogP contribution in [-0.2, 0) is 21.3 Å². The summed E-state index contributed by atoms with van der Waals surface area (Å²) in [6.07, 6.45) is 4.34. The minimum Gasteiger partial charge on any atom is -0.475 e. The van der Waals surface area contributed by atoms with Gasteiger partial charge in [-0.15, -0.1) is 0 Å². The van der Waals surface area contributed by atoms with E-state index in [1.807, 2.05) is 50.4 Å². The van der Waals surface area contributed by atoms with Crippen LogP contribution in [-0.4, -0.2) is 53.4 Å². The fourth-order valence-electron chi connectivity index (χ4n) is 6.80. The van der Waals surface area contributed by atoms with Gasteiger partial charge in [-0.25, -0.2) is 18.1 Å². The van der Waals surface area contributed by atoms with E-state index in [0.717, 1.165) is 35.1 Å². The van der Waals surface area contributed by atoms with Crippen molar-refractivity contribution in [2.24, 2.45) is 10.8 Å². The van der Waals surface area contributed by atoms with Gasteiger partial charge in [-0.2, -0.15) is 4.98 Å². The second-order valence-corrected chi connectivity index (χ2v) is 17.2. The van der Waals surface area contributed by atoms with E-state index in [1.165, 1.54) is 12.1 Å². The highest BCUT2D eigenvalue weighted by atomic mass is 32.2. The van der Waals surface area contributed by atoms with Gasteiger partial charge in [0.05, 0.1) is 35.0 Å². The Hall–Kier alpha value is -4.35. The maximum absolute atomic E-state index is 14.5. The number of anilines is 1. The molecule has 1 unspecified atom stereocenters. The average molecular weight is 698 g/mol. The van der Waals surface area contributed by atoms with Crippen LogP contribution in [0.25, 0.3) is 11.3 Å². The molecular formula is C39H47N5O5S. The minimum absolute atomic E-state index is 0.0287. The summed E-state index contributed by atoms with van der Waals surface area (Å²) in [6.45, 7) is 15.9. The summed E-state index contributed by atoms with van der Waals surface area (Å²) in [5, 5.41) is 0. The molecule has 50 heavy (non-hydrogen) atoms. The third kappa shape index (κ3) is 8.16. The second-order valence-electron chi connectivity index (χ2n) is 15.5. The Morgan fingerprint density at radius 2 is 1.74 bits per heavy atom. The van der Waals surface area contributed by atoms with Gasteiger partial charge in [0.2, 0.25) is 11.8 Å². The van der Waals surface area contributed by atoms with Gasteiger partial charge in [0, 0.05) is 30.0 Å². The van der Waals surface area contributed by atoms with E-state index in [1.54, 1.807) is 23.1 Å². The first kappa shape index (κ1) is 35.5. The number of carbonyl (C=O) groups is 1. The molecule has 0 saturated carbocycles. The van der Waals surface area contributed by atoms with E-state index in [2.05, 4.69) is 49.3 Å². The van der Waals surface area contributed by atoms with Crippen molar-refractivity contribution in [2.45, 2.75) is 91.3 Å². The Morgan fingerprint density at radius 3 is 2.42 bits per heavy atom. The van der Waals surface area contributed by atoms with E-state index < -0.39 is 16.1 Å². The molecule has 2 aromatic carbocycles. The van der Waals surface area contributed by atoms with Crippen molar-refractivity contribution in [1.82, 2.24) is 19.9 Å². The van der Waals surface area contributed by atoms with E-state index in [-0.39, 0.29) is 58.3 Å². The number of nitrogens with zero attached hydrogens (tertiary/aromatic N) is 4. The third-order valence-electron chi connectivity index (χ3n) is 9.42. The van der Waals surface area contributed by atoms with Crippen molar-refractivity contribution in [3.8, 4) is 17.1 Å². The van der Waals surface area contributed by atoms with Crippen molar-refractivity contribution in [3.63, 3.8) is 0 Å². The normalized spacial score (nSPS) is 20.5. The van der Waals surface area contributed by atoms with Gasteiger partial charge >= 0.3 is 0 Å².